The average Bonchev–Trinajstić information content (AvgIpc) is 2.64. The lowest BCUT2D eigenvalue weighted by molar-refractivity contribution is 0.372. The highest BCUT2D eigenvalue weighted by molar-refractivity contribution is 14.0. The van der Waals surface area contributed by atoms with Gasteiger partial charge < -0.3 is 19.9 Å². The molecular weight excluding hydrogens is 481 g/mol. The number of methoxy groups -OCH3 is 1. The Labute approximate surface area is 179 Å². The Morgan fingerprint density at radius 1 is 1.22 bits per heavy atom. The number of benzene rings is 1. The minimum atomic E-state index is -3.12. The molecule has 0 saturated carbocycles. The van der Waals surface area contributed by atoms with Gasteiger partial charge in [-0.05, 0) is 18.6 Å². The predicted octanol–water partition coefficient (Wildman–Crippen LogP) is 0.950. The van der Waals surface area contributed by atoms with Gasteiger partial charge in [-0.25, -0.2) is 13.1 Å². The summed E-state index contributed by atoms with van der Waals surface area (Å²) >= 11 is 0. The first kappa shape index (κ1) is 23.8. The summed E-state index contributed by atoms with van der Waals surface area (Å²) in [4.78, 5) is 8.90. The van der Waals surface area contributed by atoms with Crippen molar-refractivity contribution in [2.75, 3.05) is 64.6 Å². The standard InChI is InChI=1S/C17H29N5O3S.HI/c1-18-17(19-8-5-9-20-26(3,23)24)22-12-10-21(11-13-22)15-6-4-7-16(14-15)25-2;/h4,6-7,14,20H,5,8-13H2,1-3H3,(H,18,19);1H. The lowest BCUT2D eigenvalue weighted by atomic mass is 10.2. The van der Waals surface area contributed by atoms with Gasteiger partial charge in [0.05, 0.1) is 13.4 Å². The molecule has 1 fully saturated rings. The number of halogens is 1. The molecule has 0 radical (unpaired) electrons. The number of ether oxygens (including phenoxy) is 1. The number of rotatable bonds is 7. The Bertz CT molecular complexity index is 706. The third-order valence-electron chi connectivity index (χ3n) is 4.21. The first-order valence-electron chi connectivity index (χ1n) is 8.72. The summed E-state index contributed by atoms with van der Waals surface area (Å²) in [6.45, 7) is 4.65. The molecule has 2 rings (SSSR count). The Balaban J connectivity index is 0.00000364. The molecule has 1 aliphatic heterocycles. The maximum atomic E-state index is 11.0. The van der Waals surface area contributed by atoms with Crippen molar-refractivity contribution in [3.8, 4) is 5.75 Å². The molecule has 0 bridgehead atoms. The van der Waals surface area contributed by atoms with E-state index in [0.29, 0.717) is 19.5 Å². The molecule has 1 aromatic rings. The van der Waals surface area contributed by atoms with E-state index >= 15 is 0 Å². The van der Waals surface area contributed by atoms with Crippen LogP contribution in [0.15, 0.2) is 29.3 Å². The molecule has 1 aliphatic rings. The van der Waals surface area contributed by atoms with Crippen molar-refractivity contribution in [2.24, 2.45) is 4.99 Å². The van der Waals surface area contributed by atoms with Gasteiger partial charge in [0.1, 0.15) is 5.75 Å². The summed E-state index contributed by atoms with van der Waals surface area (Å²) in [6, 6.07) is 8.10. The lowest BCUT2D eigenvalue weighted by Crippen LogP contribution is -2.52. The van der Waals surface area contributed by atoms with E-state index in [1.807, 2.05) is 12.1 Å². The molecule has 1 aromatic carbocycles. The Hall–Kier alpha value is -1.27. The number of guanidine groups is 1. The number of aliphatic imine (C=N–C) groups is 1. The van der Waals surface area contributed by atoms with E-state index in [-0.39, 0.29) is 24.0 Å². The first-order valence-corrected chi connectivity index (χ1v) is 10.6. The van der Waals surface area contributed by atoms with Gasteiger partial charge in [0.2, 0.25) is 10.0 Å². The van der Waals surface area contributed by atoms with Crippen molar-refractivity contribution in [3.05, 3.63) is 24.3 Å². The van der Waals surface area contributed by atoms with Gasteiger partial charge in [-0.2, -0.15) is 0 Å². The van der Waals surface area contributed by atoms with Crippen LogP contribution in [0.1, 0.15) is 6.42 Å². The van der Waals surface area contributed by atoms with Crippen LogP contribution in [0.2, 0.25) is 0 Å². The van der Waals surface area contributed by atoms with Crippen LogP contribution in [0, 0.1) is 0 Å². The molecule has 0 amide bonds. The third kappa shape index (κ3) is 8.09. The molecule has 0 aliphatic carbocycles. The molecule has 10 heteroatoms. The lowest BCUT2D eigenvalue weighted by Gasteiger charge is -2.37. The third-order valence-corrected chi connectivity index (χ3v) is 4.94. The molecule has 2 N–H and O–H groups in total. The van der Waals surface area contributed by atoms with Gasteiger partial charge in [-0.1, -0.05) is 6.07 Å². The molecule has 154 valence electrons. The van der Waals surface area contributed by atoms with Crippen molar-refractivity contribution in [1.82, 2.24) is 14.9 Å². The summed E-state index contributed by atoms with van der Waals surface area (Å²) in [5.41, 5.74) is 1.17. The maximum absolute atomic E-state index is 11.0. The fraction of sp³-hybridized carbons (Fsp3) is 0.588. The average molecular weight is 511 g/mol. The van der Waals surface area contributed by atoms with Crippen LogP contribution in [0.25, 0.3) is 0 Å². The van der Waals surface area contributed by atoms with Crippen molar-refractivity contribution in [2.45, 2.75) is 6.42 Å². The fourth-order valence-electron chi connectivity index (χ4n) is 2.86. The predicted molar refractivity (Wildman–Crippen MR) is 121 cm³/mol. The summed E-state index contributed by atoms with van der Waals surface area (Å²) < 4.78 is 29.9. The normalized spacial score (nSPS) is 15.3. The summed E-state index contributed by atoms with van der Waals surface area (Å²) in [5.74, 6) is 1.72. The van der Waals surface area contributed by atoms with E-state index in [1.165, 1.54) is 11.9 Å². The van der Waals surface area contributed by atoms with E-state index in [0.717, 1.165) is 37.9 Å². The summed E-state index contributed by atoms with van der Waals surface area (Å²) in [7, 11) is 0.327. The number of nitrogens with one attached hydrogen (secondary N) is 2. The molecule has 0 unspecified atom stereocenters. The highest BCUT2D eigenvalue weighted by atomic mass is 127. The molecule has 1 saturated heterocycles. The SMILES string of the molecule is CN=C(NCCCNS(C)(=O)=O)N1CCN(c2cccc(OC)c2)CC1.I. The van der Waals surface area contributed by atoms with Crippen molar-refractivity contribution in [1.29, 1.82) is 0 Å². The highest BCUT2D eigenvalue weighted by Gasteiger charge is 2.19. The minimum Gasteiger partial charge on any atom is -0.497 e. The zero-order valence-corrected chi connectivity index (χ0v) is 19.3. The quantitative estimate of drug-likeness (QED) is 0.246. The summed E-state index contributed by atoms with van der Waals surface area (Å²) in [5, 5.41) is 3.30. The van der Waals surface area contributed by atoms with Crippen molar-refractivity contribution in [3.63, 3.8) is 0 Å². The Morgan fingerprint density at radius 3 is 2.52 bits per heavy atom. The van der Waals surface area contributed by atoms with Crippen LogP contribution >= 0.6 is 24.0 Å². The van der Waals surface area contributed by atoms with Gasteiger partial charge >= 0.3 is 0 Å². The zero-order chi connectivity index (χ0) is 19.0. The Kier molecular flexibility index (Phi) is 10.2. The number of sulfonamides is 1. The molecule has 0 aromatic heterocycles. The van der Waals surface area contributed by atoms with Crippen molar-refractivity contribution < 1.29 is 13.2 Å². The van der Waals surface area contributed by atoms with Crippen LogP contribution in [0.3, 0.4) is 0 Å². The number of hydrogen-bond donors (Lipinski definition) is 2. The van der Waals surface area contributed by atoms with Crippen LogP contribution in [0.5, 0.6) is 5.75 Å². The number of nitrogens with zero attached hydrogens (tertiary/aromatic N) is 3. The number of anilines is 1. The number of hydrogen-bond acceptors (Lipinski definition) is 5. The maximum Gasteiger partial charge on any atom is 0.208 e. The van der Waals surface area contributed by atoms with Gasteiger partial charge in [0, 0.05) is 58.1 Å². The molecule has 27 heavy (non-hydrogen) atoms. The van der Waals surface area contributed by atoms with Gasteiger partial charge in [-0.3, -0.25) is 4.99 Å². The van der Waals surface area contributed by atoms with Crippen LogP contribution in [-0.2, 0) is 10.0 Å². The van der Waals surface area contributed by atoms with E-state index in [9.17, 15) is 8.42 Å². The first-order chi connectivity index (χ1) is 12.4. The van der Waals surface area contributed by atoms with E-state index in [4.69, 9.17) is 4.74 Å². The molecule has 1 heterocycles. The second kappa shape index (κ2) is 11.5. The molecular formula is C17H30IN5O3S. The molecule has 0 atom stereocenters. The summed E-state index contributed by atoms with van der Waals surface area (Å²) in [6.07, 6.45) is 1.87. The van der Waals surface area contributed by atoms with Gasteiger partial charge in [-0.15, -0.1) is 24.0 Å². The smallest absolute Gasteiger partial charge is 0.208 e. The van der Waals surface area contributed by atoms with E-state index in [2.05, 4.69) is 37.0 Å². The zero-order valence-electron chi connectivity index (χ0n) is 16.1. The Morgan fingerprint density at radius 2 is 1.93 bits per heavy atom. The van der Waals surface area contributed by atoms with Gasteiger partial charge in [0.25, 0.3) is 0 Å². The van der Waals surface area contributed by atoms with E-state index in [1.54, 1.807) is 14.2 Å². The topological polar surface area (TPSA) is 86.3 Å². The second-order valence-electron chi connectivity index (χ2n) is 6.17. The highest BCUT2D eigenvalue weighted by Crippen LogP contribution is 2.22. The van der Waals surface area contributed by atoms with Crippen LogP contribution < -0.4 is 19.7 Å². The minimum absolute atomic E-state index is 0. The largest absolute Gasteiger partial charge is 0.497 e. The van der Waals surface area contributed by atoms with Crippen LogP contribution in [0.4, 0.5) is 5.69 Å². The van der Waals surface area contributed by atoms with Crippen LogP contribution in [-0.4, -0.2) is 79.0 Å². The van der Waals surface area contributed by atoms with E-state index < -0.39 is 10.0 Å². The fourth-order valence-corrected chi connectivity index (χ4v) is 3.38. The second-order valence-corrected chi connectivity index (χ2v) is 8.00. The van der Waals surface area contributed by atoms with Crippen molar-refractivity contribution >= 4 is 45.6 Å². The number of piperazine rings is 1. The monoisotopic (exact) mass is 511 g/mol. The molecule has 0 spiro atoms. The van der Waals surface area contributed by atoms with Gasteiger partial charge in [0.15, 0.2) is 5.96 Å². The molecule has 8 nitrogen and oxygen atoms in total.